The number of hydrogen-bond donors (Lipinski definition) is 0. The highest BCUT2D eigenvalue weighted by Gasteiger charge is 2.31. The van der Waals surface area contributed by atoms with Gasteiger partial charge in [0.15, 0.2) is 16.6 Å². The smallest absolute Gasteiger partial charge is 0.268 e. The van der Waals surface area contributed by atoms with Crippen LogP contribution in [0.4, 0.5) is 0 Å². The molecule has 6 nitrogen and oxygen atoms in total. The molecule has 0 saturated heterocycles. The number of nitrogens with zero attached hydrogens (tertiary/aromatic N) is 3. The molecule has 2 aromatic heterocycles. The van der Waals surface area contributed by atoms with Gasteiger partial charge in [0.2, 0.25) is 0 Å². The number of benzene rings is 2. The maximum absolute atomic E-state index is 13.9. The summed E-state index contributed by atoms with van der Waals surface area (Å²) in [6, 6.07) is 16.3. The summed E-state index contributed by atoms with van der Waals surface area (Å²) in [4.78, 5) is 36.4. The molecular weight excluding hydrogens is 494 g/mol. The molecule has 0 aliphatic carbocycles. The van der Waals surface area contributed by atoms with Crippen LogP contribution in [0.25, 0.3) is 16.7 Å². The van der Waals surface area contributed by atoms with E-state index in [1.165, 1.54) is 11.8 Å². The molecule has 3 heterocycles. The van der Waals surface area contributed by atoms with E-state index in [-0.39, 0.29) is 22.7 Å². The zero-order valence-corrected chi connectivity index (χ0v) is 21.9. The highest BCUT2D eigenvalue weighted by atomic mass is 35.5. The molecule has 0 N–H and O–H groups in total. The third-order valence-electron chi connectivity index (χ3n) is 6.72. The molecule has 0 fully saturated rings. The summed E-state index contributed by atoms with van der Waals surface area (Å²) in [7, 11) is 0. The SMILES string of the molecule is CCC1(C)Cc2nc3nc(SCC(=O)c4ccc(Cl)cc4)n(-c4ccccc4C)c(=O)c3cc2CO1. The number of aryl methyl sites for hydroxylation is 1. The van der Waals surface area contributed by atoms with Crippen LogP contribution in [0.3, 0.4) is 0 Å². The lowest BCUT2D eigenvalue weighted by Crippen LogP contribution is -2.35. The van der Waals surface area contributed by atoms with Gasteiger partial charge in [-0.2, -0.15) is 0 Å². The van der Waals surface area contributed by atoms with E-state index in [0.717, 1.165) is 28.9 Å². The predicted octanol–water partition coefficient (Wildman–Crippen LogP) is 5.96. The molecular formula is C28H26ClN3O3S. The van der Waals surface area contributed by atoms with Gasteiger partial charge in [-0.15, -0.1) is 0 Å². The molecule has 1 unspecified atom stereocenters. The van der Waals surface area contributed by atoms with E-state index in [2.05, 4.69) is 13.8 Å². The Hall–Kier alpha value is -3.00. The van der Waals surface area contributed by atoms with Gasteiger partial charge in [0.1, 0.15) is 0 Å². The molecule has 5 rings (SSSR count). The molecule has 1 aliphatic rings. The average molecular weight is 520 g/mol. The predicted molar refractivity (Wildman–Crippen MR) is 144 cm³/mol. The number of ether oxygens (including phenoxy) is 1. The molecule has 0 amide bonds. The number of thioether (sulfide) groups is 1. The van der Waals surface area contributed by atoms with E-state index in [1.807, 2.05) is 37.3 Å². The maximum atomic E-state index is 13.9. The average Bonchev–Trinajstić information content (AvgIpc) is 2.87. The molecule has 36 heavy (non-hydrogen) atoms. The minimum atomic E-state index is -0.285. The zero-order chi connectivity index (χ0) is 25.4. The van der Waals surface area contributed by atoms with Gasteiger partial charge < -0.3 is 4.74 Å². The number of para-hydroxylation sites is 1. The lowest BCUT2D eigenvalue weighted by Gasteiger charge is -2.33. The molecule has 184 valence electrons. The Morgan fingerprint density at radius 1 is 1.17 bits per heavy atom. The van der Waals surface area contributed by atoms with E-state index in [1.54, 1.807) is 28.8 Å². The van der Waals surface area contributed by atoms with Crippen LogP contribution in [0.5, 0.6) is 0 Å². The van der Waals surface area contributed by atoms with Crippen LogP contribution in [0.1, 0.15) is 47.4 Å². The van der Waals surface area contributed by atoms with Crippen LogP contribution in [0, 0.1) is 6.92 Å². The summed E-state index contributed by atoms with van der Waals surface area (Å²) in [5.41, 5.74) is 3.94. The first kappa shape index (κ1) is 24.7. The molecule has 0 spiro atoms. The Labute approximate surface area is 218 Å². The zero-order valence-electron chi connectivity index (χ0n) is 20.4. The molecule has 4 aromatic rings. The van der Waals surface area contributed by atoms with Crippen molar-refractivity contribution in [3.63, 3.8) is 0 Å². The quantitative estimate of drug-likeness (QED) is 0.178. The molecule has 0 radical (unpaired) electrons. The van der Waals surface area contributed by atoms with Gasteiger partial charge in [0.25, 0.3) is 5.56 Å². The van der Waals surface area contributed by atoms with E-state index >= 15 is 0 Å². The molecule has 2 aromatic carbocycles. The number of halogens is 1. The lowest BCUT2D eigenvalue weighted by atomic mass is 9.91. The number of hydrogen-bond acceptors (Lipinski definition) is 6. The normalized spacial score (nSPS) is 17.2. The molecule has 8 heteroatoms. The number of aromatic nitrogens is 3. The van der Waals surface area contributed by atoms with Gasteiger partial charge in [0, 0.05) is 22.6 Å². The second-order valence-electron chi connectivity index (χ2n) is 9.27. The minimum Gasteiger partial charge on any atom is -0.370 e. The first-order valence-corrected chi connectivity index (χ1v) is 13.2. The topological polar surface area (TPSA) is 74.1 Å². The van der Waals surface area contributed by atoms with Crippen molar-refractivity contribution in [2.45, 2.75) is 51.0 Å². The lowest BCUT2D eigenvalue weighted by molar-refractivity contribution is -0.0573. The number of rotatable bonds is 6. The van der Waals surface area contributed by atoms with Crippen molar-refractivity contribution >= 4 is 40.2 Å². The van der Waals surface area contributed by atoms with Gasteiger partial charge in [0.05, 0.1) is 34.7 Å². The fourth-order valence-corrected chi connectivity index (χ4v) is 5.32. The van der Waals surface area contributed by atoms with Gasteiger partial charge >= 0.3 is 0 Å². The van der Waals surface area contributed by atoms with Crippen LogP contribution in [0.15, 0.2) is 64.5 Å². The van der Waals surface area contributed by atoms with Crippen LogP contribution >= 0.6 is 23.4 Å². The Morgan fingerprint density at radius 2 is 1.92 bits per heavy atom. The van der Waals surface area contributed by atoms with Crippen molar-refractivity contribution in [1.29, 1.82) is 0 Å². The standard InChI is InChI=1S/C28H26ClN3O3S/c1-4-28(3)14-22-19(15-35-28)13-21-25(30-22)31-27(32(26(21)34)23-8-6-5-7-17(23)2)36-16-24(33)18-9-11-20(29)12-10-18/h5-13H,4,14-16H2,1-3H3. The van der Waals surface area contributed by atoms with Crippen molar-refractivity contribution in [1.82, 2.24) is 14.5 Å². The number of pyridine rings is 1. The second kappa shape index (κ2) is 9.81. The summed E-state index contributed by atoms with van der Waals surface area (Å²) in [5, 5.41) is 1.44. The fraction of sp³-hybridized carbons (Fsp3) is 0.286. The summed E-state index contributed by atoms with van der Waals surface area (Å²) < 4.78 is 7.67. The van der Waals surface area contributed by atoms with Gasteiger partial charge in [-0.05, 0) is 62.2 Å². The Bertz CT molecular complexity index is 1530. The van der Waals surface area contributed by atoms with Crippen molar-refractivity contribution in [3.05, 3.63) is 92.4 Å². The maximum Gasteiger partial charge on any atom is 0.268 e. The molecule has 1 atom stereocenters. The summed E-state index contributed by atoms with van der Waals surface area (Å²) >= 11 is 7.20. The summed E-state index contributed by atoms with van der Waals surface area (Å²) in [6.45, 7) is 6.54. The first-order chi connectivity index (χ1) is 17.3. The number of carbonyl (C=O) groups is 1. The van der Waals surface area contributed by atoms with E-state index < -0.39 is 0 Å². The fourth-order valence-electron chi connectivity index (χ4n) is 4.31. The van der Waals surface area contributed by atoms with Crippen LogP contribution in [0.2, 0.25) is 5.02 Å². The summed E-state index contributed by atoms with van der Waals surface area (Å²) in [6.07, 6.45) is 1.53. The van der Waals surface area contributed by atoms with Crippen molar-refractivity contribution in [3.8, 4) is 5.69 Å². The second-order valence-corrected chi connectivity index (χ2v) is 10.7. The minimum absolute atomic E-state index is 0.0726. The Balaban J connectivity index is 1.61. The monoisotopic (exact) mass is 519 g/mol. The number of ketones is 1. The summed E-state index contributed by atoms with van der Waals surface area (Å²) in [5.74, 6) is 0.0506. The molecule has 1 aliphatic heterocycles. The highest BCUT2D eigenvalue weighted by molar-refractivity contribution is 7.99. The Kier molecular flexibility index (Phi) is 6.72. The van der Waals surface area contributed by atoms with Gasteiger partial charge in [-0.1, -0.05) is 48.5 Å². The Morgan fingerprint density at radius 3 is 2.64 bits per heavy atom. The highest BCUT2D eigenvalue weighted by Crippen LogP contribution is 2.31. The van der Waals surface area contributed by atoms with Crippen molar-refractivity contribution < 1.29 is 9.53 Å². The van der Waals surface area contributed by atoms with Crippen LogP contribution < -0.4 is 5.56 Å². The van der Waals surface area contributed by atoms with E-state index in [9.17, 15) is 9.59 Å². The third-order valence-corrected chi connectivity index (χ3v) is 7.91. The van der Waals surface area contributed by atoms with Gasteiger partial charge in [-0.3, -0.25) is 14.2 Å². The largest absolute Gasteiger partial charge is 0.370 e. The molecule has 0 bridgehead atoms. The van der Waals surface area contributed by atoms with E-state index in [0.29, 0.717) is 39.8 Å². The van der Waals surface area contributed by atoms with Crippen LogP contribution in [-0.2, 0) is 17.8 Å². The van der Waals surface area contributed by atoms with Crippen LogP contribution in [-0.4, -0.2) is 31.7 Å². The number of Topliss-reactive ketones (excluding diaryl/α,β-unsaturated/α-hetero) is 1. The number of fused-ring (bicyclic) bond motifs is 2. The van der Waals surface area contributed by atoms with Crippen molar-refractivity contribution in [2.24, 2.45) is 0 Å². The first-order valence-electron chi connectivity index (χ1n) is 11.8. The van der Waals surface area contributed by atoms with Gasteiger partial charge in [-0.25, -0.2) is 9.97 Å². The third kappa shape index (κ3) is 4.71. The number of carbonyl (C=O) groups excluding carboxylic acids is 1. The van der Waals surface area contributed by atoms with E-state index in [4.69, 9.17) is 26.3 Å². The molecule has 0 saturated carbocycles. The van der Waals surface area contributed by atoms with Crippen molar-refractivity contribution in [2.75, 3.05) is 5.75 Å².